The van der Waals surface area contributed by atoms with Gasteiger partial charge in [-0.15, -0.1) is 0 Å². The lowest BCUT2D eigenvalue weighted by Crippen LogP contribution is -2.52. The van der Waals surface area contributed by atoms with Crippen molar-refractivity contribution in [3.8, 4) is 6.07 Å². The lowest BCUT2D eigenvalue weighted by Gasteiger charge is -2.30. The first-order valence-corrected chi connectivity index (χ1v) is 8.04. The van der Waals surface area contributed by atoms with Crippen LogP contribution in [0.4, 0.5) is 0 Å². The second kappa shape index (κ2) is 5.59. The first kappa shape index (κ1) is 14.5. The number of nitrogens with one attached hydrogen (secondary N) is 1. The summed E-state index contributed by atoms with van der Waals surface area (Å²) in [5.74, 6) is 0. The fourth-order valence-corrected chi connectivity index (χ4v) is 3.51. The summed E-state index contributed by atoms with van der Waals surface area (Å²) in [4.78, 5) is 0.135. The van der Waals surface area contributed by atoms with E-state index in [0.717, 1.165) is 4.47 Å². The molecule has 0 spiro atoms. The largest absolute Gasteiger partial charge is 0.378 e. The van der Waals surface area contributed by atoms with Gasteiger partial charge in [-0.1, -0.05) is 15.9 Å². The summed E-state index contributed by atoms with van der Waals surface area (Å²) in [6, 6.07) is 8.29. The molecule has 0 saturated carbocycles. The number of halogens is 1. The number of rotatable bonds is 3. The van der Waals surface area contributed by atoms with E-state index >= 15 is 0 Å². The molecule has 2 rings (SSSR count). The standard InChI is InChI=1S/C12H13BrN2O3S/c13-10-2-4-11(5-3-10)19(16,17)15-12(8-14)6-1-7-18-9-12/h2-5,15H,1,6-7,9H2/t12-/m1/s1. The minimum Gasteiger partial charge on any atom is -0.378 e. The molecule has 7 heteroatoms. The third-order valence-corrected chi connectivity index (χ3v) is 4.99. The van der Waals surface area contributed by atoms with Gasteiger partial charge in [0.1, 0.15) is 5.54 Å². The molecule has 1 saturated heterocycles. The lowest BCUT2D eigenvalue weighted by molar-refractivity contribution is 0.0532. The number of benzene rings is 1. The van der Waals surface area contributed by atoms with E-state index in [9.17, 15) is 13.7 Å². The zero-order valence-electron chi connectivity index (χ0n) is 10.1. The quantitative estimate of drug-likeness (QED) is 0.906. The van der Waals surface area contributed by atoms with E-state index in [2.05, 4.69) is 20.7 Å². The highest BCUT2D eigenvalue weighted by atomic mass is 79.9. The topological polar surface area (TPSA) is 79.2 Å². The summed E-state index contributed by atoms with van der Waals surface area (Å²) in [6.07, 6.45) is 1.12. The van der Waals surface area contributed by atoms with Crippen molar-refractivity contribution in [2.75, 3.05) is 13.2 Å². The highest BCUT2D eigenvalue weighted by Crippen LogP contribution is 2.22. The van der Waals surface area contributed by atoms with E-state index < -0.39 is 15.6 Å². The van der Waals surface area contributed by atoms with Crippen molar-refractivity contribution < 1.29 is 13.2 Å². The molecule has 1 aliphatic rings. The van der Waals surface area contributed by atoms with Crippen molar-refractivity contribution in [2.45, 2.75) is 23.3 Å². The summed E-state index contributed by atoms with van der Waals surface area (Å²) in [5.41, 5.74) is -1.16. The molecule has 0 amide bonds. The van der Waals surface area contributed by atoms with E-state index in [1.165, 1.54) is 12.1 Å². The second-order valence-corrected chi connectivity index (χ2v) is 7.01. The first-order chi connectivity index (χ1) is 8.97. The molecule has 1 N–H and O–H groups in total. The number of nitrogens with zero attached hydrogens (tertiary/aromatic N) is 1. The fourth-order valence-electron chi connectivity index (χ4n) is 1.92. The summed E-state index contributed by atoms with van der Waals surface area (Å²) >= 11 is 3.25. The van der Waals surface area contributed by atoms with Gasteiger partial charge in [-0.2, -0.15) is 9.98 Å². The van der Waals surface area contributed by atoms with Gasteiger partial charge in [-0.3, -0.25) is 0 Å². The van der Waals surface area contributed by atoms with Crippen molar-refractivity contribution in [2.24, 2.45) is 0 Å². The molecule has 102 valence electrons. The average molecular weight is 345 g/mol. The number of sulfonamides is 1. The summed E-state index contributed by atoms with van der Waals surface area (Å²) in [7, 11) is -3.72. The van der Waals surface area contributed by atoms with E-state index in [1.807, 2.05) is 6.07 Å². The van der Waals surface area contributed by atoms with Gasteiger partial charge in [0, 0.05) is 11.1 Å². The van der Waals surface area contributed by atoms with Crippen LogP contribution >= 0.6 is 15.9 Å². The minimum atomic E-state index is -3.72. The molecule has 1 atom stereocenters. The predicted molar refractivity (Wildman–Crippen MR) is 72.9 cm³/mol. The van der Waals surface area contributed by atoms with E-state index in [-0.39, 0.29) is 11.5 Å². The van der Waals surface area contributed by atoms with Crippen molar-refractivity contribution in [1.29, 1.82) is 5.26 Å². The second-order valence-electron chi connectivity index (χ2n) is 4.41. The summed E-state index contributed by atoms with van der Waals surface area (Å²) < 4.78 is 33.0. The highest BCUT2D eigenvalue weighted by Gasteiger charge is 2.37. The van der Waals surface area contributed by atoms with Gasteiger partial charge in [0.15, 0.2) is 0 Å². The Morgan fingerprint density at radius 3 is 2.58 bits per heavy atom. The van der Waals surface area contributed by atoms with E-state index in [1.54, 1.807) is 12.1 Å². The molecule has 1 heterocycles. The van der Waals surface area contributed by atoms with Crippen molar-refractivity contribution >= 4 is 26.0 Å². The van der Waals surface area contributed by atoms with Crippen LogP contribution < -0.4 is 4.72 Å². The van der Waals surface area contributed by atoms with Crippen LogP contribution in [-0.2, 0) is 14.8 Å². The Morgan fingerprint density at radius 1 is 1.37 bits per heavy atom. The smallest absolute Gasteiger partial charge is 0.242 e. The lowest BCUT2D eigenvalue weighted by atomic mass is 9.96. The van der Waals surface area contributed by atoms with Crippen LogP contribution in [0.5, 0.6) is 0 Å². The molecule has 0 radical (unpaired) electrons. The third-order valence-electron chi connectivity index (χ3n) is 2.91. The Bertz CT molecular complexity index is 586. The molecule has 0 bridgehead atoms. The number of nitriles is 1. The van der Waals surface area contributed by atoms with Gasteiger partial charge in [-0.25, -0.2) is 8.42 Å². The Labute approximate surface area is 120 Å². The Kier molecular flexibility index (Phi) is 4.26. The molecule has 1 aromatic rings. The van der Waals surface area contributed by atoms with Gasteiger partial charge in [0.2, 0.25) is 10.0 Å². The SMILES string of the molecule is N#C[C@]1(NS(=O)(=O)c2ccc(Br)cc2)CCCOC1. The molecule has 0 aliphatic carbocycles. The van der Waals surface area contributed by atoms with Crippen molar-refractivity contribution in [3.63, 3.8) is 0 Å². The van der Waals surface area contributed by atoms with Crippen LogP contribution in [-0.4, -0.2) is 27.2 Å². The molecular weight excluding hydrogens is 332 g/mol. The van der Waals surface area contributed by atoms with Crippen LogP contribution in [0.1, 0.15) is 12.8 Å². The van der Waals surface area contributed by atoms with E-state index in [0.29, 0.717) is 19.4 Å². The number of ether oxygens (including phenoxy) is 1. The molecule has 0 aromatic heterocycles. The Morgan fingerprint density at radius 2 is 2.05 bits per heavy atom. The Balaban J connectivity index is 2.25. The van der Waals surface area contributed by atoms with Gasteiger partial charge in [-0.05, 0) is 37.1 Å². The zero-order chi connectivity index (χ0) is 13.9. The van der Waals surface area contributed by atoms with Crippen LogP contribution in [0.15, 0.2) is 33.6 Å². The molecule has 1 aromatic carbocycles. The molecule has 5 nitrogen and oxygen atoms in total. The molecule has 1 fully saturated rings. The Hall–Kier alpha value is -0.940. The van der Waals surface area contributed by atoms with Crippen LogP contribution in [0, 0.1) is 11.3 Å². The van der Waals surface area contributed by atoms with Crippen LogP contribution in [0.3, 0.4) is 0 Å². The van der Waals surface area contributed by atoms with Crippen LogP contribution in [0.2, 0.25) is 0 Å². The molecule has 19 heavy (non-hydrogen) atoms. The van der Waals surface area contributed by atoms with Gasteiger partial charge >= 0.3 is 0 Å². The summed E-state index contributed by atoms with van der Waals surface area (Å²) in [6.45, 7) is 0.642. The average Bonchev–Trinajstić information content (AvgIpc) is 2.40. The maximum Gasteiger partial charge on any atom is 0.242 e. The first-order valence-electron chi connectivity index (χ1n) is 5.76. The minimum absolute atomic E-state index is 0.0826. The number of hydrogen-bond acceptors (Lipinski definition) is 4. The van der Waals surface area contributed by atoms with Gasteiger partial charge < -0.3 is 4.74 Å². The molecular formula is C12H13BrN2O3S. The zero-order valence-corrected chi connectivity index (χ0v) is 12.5. The fraction of sp³-hybridized carbons (Fsp3) is 0.417. The molecule has 0 unspecified atom stereocenters. The normalized spacial score (nSPS) is 23.8. The van der Waals surface area contributed by atoms with Gasteiger partial charge in [0.25, 0.3) is 0 Å². The maximum absolute atomic E-state index is 12.2. The predicted octanol–water partition coefficient (Wildman–Crippen LogP) is 1.80. The highest BCUT2D eigenvalue weighted by molar-refractivity contribution is 9.10. The van der Waals surface area contributed by atoms with Crippen LogP contribution in [0.25, 0.3) is 0 Å². The van der Waals surface area contributed by atoms with Crippen molar-refractivity contribution in [3.05, 3.63) is 28.7 Å². The van der Waals surface area contributed by atoms with Crippen molar-refractivity contribution in [1.82, 2.24) is 4.72 Å². The number of hydrogen-bond donors (Lipinski definition) is 1. The maximum atomic E-state index is 12.2. The third kappa shape index (κ3) is 3.34. The van der Waals surface area contributed by atoms with E-state index in [4.69, 9.17) is 4.74 Å². The summed E-state index contributed by atoms with van der Waals surface area (Å²) in [5, 5.41) is 9.23. The monoisotopic (exact) mass is 344 g/mol. The molecule has 1 aliphatic heterocycles. The van der Waals surface area contributed by atoms with Gasteiger partial charge in [0.05, 0.1) is 17.6 Å².